The van der Waals surface area contributed by atoms with Crippen LogP contribution in [0.1, 0.15) is 6.92 Å². The van der Waals surface area contributed by atoms with Crippen molar-refractivity contribution >= 4 is 12.0 Å². The van der Waals surface area contributed by atoms with Crippen LogP contribution >= 0.6 is 0 Å². The van der Waals surface area contributed by atoms with Crippen LogP contribution in [0.3, 0.4) is 0 Å². The van der Waals surface area contributed by atoms with Crippen LogP contribution in [-0.4, -0.2) is 26.5 Å². The average Bonchev–Trinajstić information content (AvgIpc) is 2.26. The van der Waals surface area contributed by atoms with Crippen molar-refractivity contribution in [2.24, 2.45) is 0 Å². The lowest BCUT2D eigenvalue weighted by atomic mass is 10.2. The van der Waals surface area contributed by atoms with Crippen LogP contribution in [-0.2, 0) is 4.79 Å². The van der Waals surface area contributed by atoms with Crippen molar-refractivity contribution in [3.63, 3.8) is 0 Å². The van der Waals surface area contributed by atoms with Crippen molar-refractivity contribution < 1.29 is 9.53 Å². The second kappa shape index (κ2) is 5.27. The summed E-state index contributed by atoms with van der Waals surface area (Å²) in [5, 5.41) is 0. The maximum absolute atomic E-state index is 10.4. The Bertz CT molecular complexity index is 282. The molecule has 0 aliphatic carbocycles. The number of hydrogen-bond acceptors (Lipinski definition) is 3. The van der Waals surface area contributed by atoms with Gasteiger partial charge in [-0.1, -0.05) is 0 Å². The summed E-state index contributed by atoms with van der Waals surface area (Å²) in [4.78, 5) is 12.4. The molecule has 3 heteroatoms. The Balaban J connectivity index is 2.77. The fourth-order valence-corrected chi connectivity index (χ4v) is 1.30. The summed E-state index contributed by atoms with van der Waals surface area (Å²) in [5.74, 6) is 0.830. The molecule has 0 saturated heterocycles. The van der Waals surface area contributed by atoms with E-state index in [1.165, 1.54) is 0 Å². The molecule has 0 unspecified atom stereocenters. The van der Waals surface area contributed by atoms with Gasteiger partial charge in [0.05, 0.1) is 13.7 Å². The number of aldehydes is 1. The predicted octanol–water partition coefficient (Wildman–Crippen LogP) is 1.72. The van der Waals surface area contributed by atoms with Crippen LogP contribution in [0.25, 0.3) is 0 Å². The van der Waals surface area contributed by atoms with Crippen molar-refractivity contribution in [3.8, 4) is 5.75 Å². The van der Waals surface area contributed by atoms with Crippen molar-refractivity contribution in [2.45, 2.75) is 6.92 Å². The molecule has 0 fully saturated rings. The summed E-state index contributed by atoms with van der Waals surface area (Å²) in [6.45, 7) is 3.28. The van der Waals surface area contributed by atoms with Crippen molar-refractivity contribution in [2.75, 3.05) is 25.1 Å². The zero-order chi connectivity index (χ0) is 10.4. The number of carbonyl (C=O) groups excluding carboxylic acids is 1. The Morgan fingerprint density at radius 1 is 1.36 bits per heavy atom. The molecule has 0 aliphatic rings. The quantitative estimate of drug-likeness (QED) is 0.667. The van der Waals surface area contributed by atoms with E-state index in [9.17, 15) is 4.79 Å². The van der Waals surface area contributed by atoms with Gasteiger partial charge in [0.25, 0.3) is 0 Å². The largest absolute Gasteiger partial charge is 0.497 e. The van der Waals surface area contributed by atoms with Gasteiger partial charge in [-0.25, -0.2) is 0 Å². The topological polar surface area (TPSA) is 29.5 Å². The number of anilines is 1. The maximum Gasteiger partial charge on any atom is 0.139 e. The molecule has 0 radical (unpaired) electrons. The van der Waals surface area contributed by atoms with Gasteiger partial charge in [-0.05, 0) is 31.2 Å². The fourth-order valence-electron chi connectivity index (χ4n) is 1.30. The van der Waals surface area contributed by atoms with Gasteiger partial charge < -0.3 is 14.4 Å². The van der Waals surface area contributed by atoms with Crippen molar-refractivity contribution in [1.82, 2.24) is 0 Å². The van der Waals surface area contributed by atoms with Crippen LogP contribution in [0.4, 0.5) is 5.69 Å². The monoisotopic (exact) mass is 193 g/mol. The van der Waals surface area contributed by atoms with Crippen LogP contribution in [0.15, 0.2) is 24.3 Å². The van der Waals surface area contributed by atoms with Gasteiger partial charge in [-0.2, -0.15) is 0 Å². The van der Waals surface area contributed by atoms with E-state index in [0.29, 0.717) is 6.54 Å². The highest BCUT2D eigenvalue weighted by Gasteiger charge is 2.02. The van der Waals surface area contributed by atoms with Gasteiger partial charge in [0.15, 0.2) is 0 Å². The van der Waals surface area contributed by atoms with E-state index >= 15 is 0 Å². The Labute approximate surface area is 84.3 Å². The molecular weight excluding hydrogens is 178 g/mol. The SMILES string of the molecule is CCN(CC=O)c1ccc(OC)cc1. The summed E-state index contributed by atoms with van der Waals surface area (Å²) in [5.41, 5.74) is 1.04. The molecule has 0 heterocycles. The standard InChI is InChI=1S/C11H15NO2/c1-3-12(8-9-13)10-4-6-11(14-2)7-5-10/h4-7,9H,3,8H2,1-2H3. The third-order valence-electron chi connectivity index (χ3n) is 2.11. The van der Waals surface area contributed by atoms with Gasteiger partial charge >= 0.3 is 0 Å². The second-order valence-corrected chi connectivity index (χ2v) is 2.90. The molecule has 0 saturated carbocycles. The number of likely N-dealkylation sites (N-methyl/N-ethyl adjacent to an activating group) is 1. The summed E-state index contributed by atoms with van der Waals surface area (Å²) in [6.07, 6.45) is 0.910. The van der Waals surface area contributed by atoms with E-state index in [0.717, 1.165) is 24.3 Å². The van der Waals surface area contributed by atoms with Crippen LogP contribution in [0.5, 0.6) is 5.75 Å². The molecule has 1 rings (SSSR count). The van der Waals surface area contributed by atoms with Gasteiger partial charge in [-0.15, -0.1) is 0 Å². The third-order valence-corrected chi connectivity index (χ3v) is 2.11. The molecule has 1 aromatic carbocycles. The number of rotatable bonds is 5. The van der Waals surface area contributed by atoms with Gasteiger partial charge in [0.1, 0.15) is 12.0 Å². The minimum Gasteiger partial charge on any atom is -0.497 e. The average molecular weight is 193 g/mol. The van der Waals surface area contributed by atoms with Crippen LogP contribution in [0.2, 0.25) is 0 Å². The molecule has 0 spiro atoms. The molecule has 1 aromatic rings. The molecule has 14 heavy (non-hydrogen) atoms. The highest BCUT2D eigenvalue weighted by Crippen LogP contribution is 2.18. The Kier molecular flexibility index (Phi) is 3.98. The molecule has 0 amide bonds. The number of carbonyl (C=O) groups is 1. The van der Waals surface area contributed by atoms with E-state index in [1.807, 2.05) is 36.1 Å². The predicted molar refractivity (Wildman–Crippen MR) is 56.9 cm³/mol. The zero-order valence-electron chi connectivity index (χ0n) is 8.56. The normalized spacial score (nSPS) is 9.57. The smallest absolute Gasteiger partial charge is 0.139 e. The van der Waals surface area contributed by atoms with E-state index < -0.39 is 0 Å². The molecule has 0 aliphatic heterocycles. The molecule has 0 aromatic heterocycles. The highest BCUT2D eigenvalue weighted by atomic mass is 16.5. The first-order valence-electron chi connectivity index (χ1n) is 4.64. The summed E-state index contributed by atoms with van der Waals surface area (Å²) in [6, 6.07) is 7.68. The molecule has 0 N–H and O–H groups in total. The van der Waals surface area contributed by atoms with E-state index in [1.54, 1.807) is 7.11 Å². The summed E-state index contributed by atoms with van der Waals surface area (Å²) in [7, 11) is 1.64. The van der Waals surface area contributed by atoms with E-state index in [-0.39, 0.29) is 0 Å². The minimum absolute atomic E-state index is 0.433. The number of hydrogen-bond donors (Lipinski definition) is 0. The van der Waals surface area contributed by atoms with E-state index in [2.05, 4.69) is 0 Å². The van der Waals surface area contributed by atoms with Crippen LogP contribution in [0, 0.1) is 0 Å². The van der Waals surface area contributed by atoms with Gasteiger partial charge in [0, 0.05) is 12.2 Å². The molecule has 3 nitrogen and oxygen atoms in total. The van der Waals surface area contributed by atoms with Crippen molar-refractivity contribution in [1.29, 1.82) is 0 Å². The maximum atomic E-state index is 10.4. The lowest BCUT2D eigenvalue weighted by Gasteiger charge is -2.20. The Hall–Kier alpha value is -1.51. The highest BCUT2D eigenvalue weighted by molar-refractivity contribution is 5.61. The molecular formula is C11H15NO2. The summed E-state index contributed by atoms with van der Waals surface area (Å²) >= 11 is 0. The van der Waals surface area contributed by atoms with Gasteiger partial charge in [-0.3, -0.25) is 0 Å². The number of nitrogens with zero attached hydrogens (tertiary/aromatic N) is 1. The van der Waals surface area contributed by atoms with Crippen molar-refractivity contribution in [3.05, 3.63) is 24.3 Å². The first-order chi connectivity index (χ1) is 6.81. The lowest BCUT2D eigenvalue weighted by molar-refractivity contribution is -0.106. The van der Waals surface area contributed by atoms with E-state index in [4.69, 9.17) is 4.74 Å². The van der Waals surface area contributed by atoms with Gasteiger partial charge in [0.2, 0.25) is 0 Å². The Morgan fingerprint density at radius 3 is 2.43 bits per heavy atom. The minimum atomic E-state index is 0.433. The number of ether oxygens (including phenoxy) is 1. The Morgan fingerprint density at radius 2 is 2.00 bits per heavy atom. The third kappa shape index (κ3) is 2.49. The first-order valence-corrected chi connectivity index (χ1v) is 4.64. The number of benzene rings is 1. The first kappa shape index (κ1) is 10.6. The molecule has 0 atom stereocenters. The second-order valence-electron chi connectivity index (χ2n) is 2.90. The zero-order valence-corrected chi connectivity index (χ0v) is 8.56. The van der Waals surface area contributed by atoms with Crippen LogP contribution < -0.4 is 9.64 Å². The summed E-state index contributed by atoms with van der Waals surface area (Å²) < 4.78 is 5.05. The lowest BCUT2D eigenvalue weighted by Crippen LogP contribution is -2.24. The molecule has 76 valence electrons. The number of methoxy groups -OCH3 is 1. The molecule has 0 bridgehead atoms. The fraction of sp³-hybridized carbons (Fsp3) is 0.364.